The van der Waals surface area contributed by atoms with Crippen LogP contribution in [-0.2, 0) is 4.74 Å². The second-order valence-electron chi connectivity index (χ2n) is 5.33. The van der Waals surface area contributed by atoms with Gasteiger partial charge in [-0.05, 0) is 39.3 Å². The monoisotopic (exact) mass is 357 g/mol. The SMILES string of the molecule is CCN(CC)C(=O)OC(C)CC(C)SC(=O)c1cccc(Cl)c1. The maximum absolute atomic E-state index is 12.2. The Balaban J connectivity index is 2.48. The van der Waals surface area contributed by atoms with Crippen molar-refractivity contribution in [3.63, 3.8) is 0 Å². The topological polar surface area (TPSA) is 46.6 Å². The van der Waals surface area contributed by atoms with Gasteiger partial charge in [0.15, 0.2) is 0 Å². The predicted octanol–water partition coefficient (Wildman–Crippen LogP) is 4.86. The number of ether oxygens (including phenoxy) is 1. The molecular weight excluding hydrogens is 334 g/mol. The Morgan fingerprint density at radius 1 is 1.26 bits per heavy atom. The van der Waals surface area contributed by atoms with Gasteiger partial charge in [0.2, 0.25) is 5.12 Å². The molecule has 0 aliphatic carbocycles. The summed E-state index contributed by atoms with van der Waals surface area (Å²) in [6.45, 7) is 8.88. The van der Waals surface area contributed by atoms with Crippen LogP contribution in [0.3, 0.4) is 0 Å². The highest BCUT2D eigenvalue weighted by Gasteiger charge is 2.19. The van der Waals surface area contributed by atoms with E-state index in [0.29, 0.717) is 30.1 Å². The lowest BCUT2D eigenvalue weighted by molar-refractivity contribution is 0.0696. The van der Waals surface area contributed by atoms with Crippen molar-refractivity contribution >= 4 is 34.6 Å². The van der Waals surface area contributed by atoms with Crippen molar-refractivity contribution in [2.45, 2.75) is 45.5 Å². The van der Waals surface area contributed by atoms with Crippen LogP contribution in [0, 0.1) is 0 Å². The number of hydrogen-bond donors (Lipinski definition) is 0. The Morgan fingerprint density at radius 2 is 1.91 bits per heavy atom. The molecule has 4 nitrogen and oxygen atoms in total. The zero-order chi connectivity index (χ0) is 17.4. The summed E-state index contributed by atoms with van der Waals surface area (Å²) in [5, 5.41) is 0.564. The number of amides is 1. The van der Waals surface area contributed by atoms with Gasteiger partial charge in [-0.25, -0.2) is 4.79 Å². The molecule has 1 rings (SSSR count). The van der Waals surface area contributed by atoms with Gasteiger partial charge in [-0.1, -0.05) is 42.4 Å². The van der Waals surface area contributed by atoms with Crippen molar-refractivity contribution in [3.05, 3.63) is 34.9 Å². The fourth-order valence-corrected chi connectivity index (χ4v) is 3.34. The molecule has 1 amide bonds. The van der Waals surface area contributed by atoms with Gasteiger partial charge < -0.3 is 9.64 Å². The molecule has 0 heterocycles. The lowest BCUT2D eigenvalue weighted by Crippen LogP contribution is -2.34. The lowest BCUT2D eigenvalue weighted by atomic mass is 10.2. The smallest absolute Gasteiger partial charge is 0.410 e. The second-order valence-corrected chi connectivity index (χ2v) is 7.18. The molecule has 0 saturated carbocycles. The van der Waals surface area contributed by atoms with Crippen LogP contribution in [-0.4, -0.2) is 40.6 Å². The van der Waals surface area contributed by atoms with Crippen molar-refractivity contribution in [2.24, 2.45) is 0 Å². The van der Waals surface area contributed by atoms with Gasteiger partial charge in [0.25, 0.3) is 0 Å². The fourth-order valence-electron chi connectivity index (χ4n) is 2.16. The number of rotatable bonds is 7. The van der Waals surface area contributed by atoms with E-state index in [1.54, 1.807) is 29.2 Å². The highest BCUT2D eigenvalue weighted by molar-refractivity contribution is 8.14. The number of carbonyl (C=O) groups is 2. The predicted molar refractivity (Wildman–Crippen MR) is 96.3 cm³/mol. The Labute approximate surface area is 147 Å². The highest BCUT2D eigenvalue weighted by atomic mass is 35.5. The molecule has 1 aromatic rings. The number of hydrogen-bond acceptors (Lipinski definition) is 4. The number of halogens is 1. The molecule has 1 aromatic carbocycles. The van der Waals surface area contributed by atoms with E-state index in [0.717, 1.165) is 0 Å². The minimum Gasteiger partial charge on any atom is -0.446 e. The Kier molecular flexibility index (Phi) is 8.48. The molecule has 2 unspecified atom stereocenters. The van der Waals surface area contributed by atoms with Crippen molar-refractivity contribution in [1.82, 2.24) is 4.90 Å². The summed E-state index contributed by atoms with van der Waals surface area (Å²) in [6, 6.07) is 6.90. The first-order valence-corrected chi connectivity index (χ1v) is 9.05. The minimum absolute atomic E-state index is 0.0257. The normalized spacial score (nSPS) is 13.3. The number of benzene rings is 1. The third-order valence-corrected chi connectivity index (χ3v) is 4.64. The summed E-state index contributed by atoms with van der Waals surface area (Å²) in [6.07, 6.45) is 0.0721. The Morgan fingerprint density at radius 3 is 2.48 bits per heavy atom. The van der Waals surface area contributed by atoms with Crippen LogP contribution < -0.4 is 0 Å². The number of carbonyl (C=O) groups excluding carboxylic acids is 2. The Hall–Kier alpha value is -1.20. The summed E-state index contributed by atoms with van der Waals surface area (Å²) < 4.78 is 5.41. The zero-order valence-electron chi connectivity index (χ0n) is 14.0. The van der Waals surface area contributed by atoms with Crippen LogP contribution in [0.25, 0.3) is 0 Å². The van der Waals surface area contributed by atoms with E-state index in [1.807, 2.05) is 27.7 Å². The van der Waals surface area contributed by atoms with Crippen molar-refractivity contribution in [2.75, 3.05) is 13.1 Å². The molecule has 6 heteroatoms. The van der Waals surface area contributed by atoms with Crippen molar-refractivity contribution < 1.29 is 14.3 Å². The first kappa shape index (κ1) is 19.8. The number of thioether (sulfide) groups is 1. The van der Waals surface area contributed by atoms with Gasteiger partial charge in [-0.3, -0.25) is 4.79 Å². The molecule has 0 bridgehead atoms. The van der Waals surface area contributed by atoms with Crippen LogP contribution in [0.2, 0.25) is 5.02 Å². The zero-order valence-corrected chi connectivity index (χ0v) is 15.6. The molecule has 2 atom stereocenters. The van der Waals surface area contributed by atoms with E-state index in [4.69, 9.17) is 16.3 Å². The standard InChI is InChI=1S/C17H24ClNO3S/c1-5-19(6-2)17(21)22-12(3)10-13(4)23-16(20)14-8-7-9-15(18)11-14/h7-9,11-13H,5-6,10H2,1-4H3. The Bertz CT molecular complexity index is 534. The molecule has 0 aromatic heterocycles. The number of nitrogens with zero attached hydrogens (tertiary/aromatic N) is 1. The summed E-state index contributed by atoms with van der Waals surface area (Å²) in [5.74, 6) is 0. The van der Waals surface area contributed by atoms with Crippen molar-refractivity contribution in [1.29, 1.82) is 0 Å². The fraction of sp³-hybridized carbons (Fsp3) is 0.529. The average molecular weight is 358 g/mol. The van der Waals surface area contributed by atoms with Gasteiger partial charge in [-0.15, -0.1) is 0 Å². The van der Waals surface area contributed by atoms with E-state index in [-0.39, 0.29) is 22.6 Å². The van der Waals surface area contributed by atoms with Gasteiger partial charge in [-0.2, -0.15) is 0 Å². The average Bonchev–Trinajstić information content (AvgIpc) is 2.47. The third kappa shape index (κ3) is 6.83. The van der Waals surface area contributed by atoms with Gasteiger partial charge in [0.1, 0.15) is 6.10 Å². The molecular formula is C17H24ClNO3S. The van der Waals surface area contributed by atoms with Crippen LogP contribution in [0.4, 0.5) is 4.79 Å². The van der Waals surface area contributed by atoms with Crippen LogP contribution in [0.1, 0.15) is 44.5 Å². The van der Waals surface area contributed by atoms with E-state index in [2.05, 4.69) is 0 Å². The quantitative estimate of drug-likeness (QED) is 0.699. The largest absolute Gasteiger partial charge is 0.446 e. The second kappa shape index (κ2) is 9.83. The molecule has 0 saturated heterocycles. The summed E-state index contributed by atoms with van der Waals surface area (Å²) in [7, 11) is 0. The molecule has 128 valence electrons. The maximum Gasteiger partial charge on any atom is 0.410 e. The molecule has 0 N–H and O–H groups in total. The first-order valence-electron chi connectivity index (χ1n) is 7.79. The van der Waals surface area contributed by atoms with Crippen LogP contribution >= 0.6 is 23.4 Å². The lowest BCUT2D eigenvalue weighted by Gasteiger charge is -2.22. The van der Waals surface area contributed by atoms with Crippen molar-refractivity contribution in [3.8, 4) is 0 Å². The van der Waals surface area contributed by atoms with E-state index >= 15 is 0 Å². The van der Waals surface area contributed by atoms with E-state index in [1.165, 1.54) is 11.8 Å². The summed E-state index contributed by atoms with van der Waals surface area (Å²) in [4.78, 5) is 25.7. The van der Waals surface area contributed by atoms with Crippen LogP contribution in [0.15, 0.2) is 24.3 Å². The third-order valence-electron chi connectivity index (χ3n) is 3.36. The van der Waals surface area contributed by atoms with Gasteiger partial charge in [0, 0.05) is 28.9 Å². The molecule has 0 spiro atoms. The van der Waals surface area contributed by atoms with E-state index in [9.17, 15) is 9.59 Å². The maximum atomic E-state index is 12.2. The molecule has 0 aliphatic heterocycles. The summed E-state index contributed by atoms with van der Waals surface area (Å²) >= 11 is 7.13. The first-order chi connectivity index (χ1) is 10.9. The highest BCUT2D eigenvalue weighted by Crippen LogP contribution is 2.23. The summed E-state index contributed by atoms with van der Waals surface area (Å²) in [5.41, 5.74) is 0.585. The molecule has 0 aliphatic rings. The molecule has 0 radical (unpaired) electrons. The van der Waals surface area contributed by atoms with E-state index < -0.39 is 0 Å². The minimum atomic E-state index is -0.305. The van der Waals surface area contributed by atoms with Gasteiger partial charge in [0.05, 0.1) is 0 Å². The molecule has 23 heavy (non-hydrogen) atoms. The molecule has 0 fully saturated rings. The van der Waals surface area contributed by atoms with Gasteiger partial charge >= 0.3 is 6.09 Å². The van der Waals surface area contributed by atoms with Crippen LogP contribution in [0.5, 0.6) is 0 Å².